The van der Waals surface area contributed by atoms with Gasteiger partial charge in [0.15, 0.2) is 5.75 Å². The number of aromatic amines is 1. The number of nitrogens with zero attached hydrogens (tertiary/aromatic N) is 2. The number of aromatic nitrogens is 3. The van der Waals surface area contributed by atoms with E-state index in [2.05, 4.69) is 15.6 Å². The zero-order valence-electron chi connectivity index (χ0n) is 29.0. The van der Waals surface area contributed by atoms with E-state index in [1.165, 1.54) is 19.2 Å². The predicted molar refractivity (Wildman–Crippen MR) is 192 cm³/mol. The minimum atomic E-state index is -0.554. The van der Waals surface area contributed by atoms with Crippen LogP contribution in [0.4, 0.5) is 15.0 Å². The molecule has 5 aromatic rings. The van der Waals surface area contributed by atoms with Gasteiger partial charge in [0.05, 0.1) is 24.1 Å². The number of aryl methyl sites for hydroxylation is 3. The summed E-state index contributed by atoms with van der Waals surface area (Å²) >= 11 is 6.51. The number of carbonyl (C=O) groups excluding carboxylic acids is 2. The zero-order chi connectivity index (χ0) is 36.3. The lowest BCUT2D eigenvalue weighted by Crippen LogP contribution is -2.29. The van der Waals surface area contributed by atoms with Crippen molar-refractivity contribution in [3.63, 3.8) is 0 Å². The number of nitrogens with one attached hydrogen (secondary N) is 3. The molecule has 2 heterocycles. The molecule has 0 bridgehead atoms. The number of pyridine rings is 1. The molecule has 260 valence electrons. The normalized spacial score (nSPS) is 11.3. The van der Waals surface area contributed by atoms with Crippen LogP contribution in [0, 0.1) is 26.6 Å². The van der Waals surface area contributed by atoms with Crippen LogP contribution in [-0.4, -0.2) is 33.9 Å². The molecule has 0 aliphatic rings. The molecule has 10 nitrogen and oxygen atoms in total. The highest BCUT2D eigenvalue weighted by Crippen LogP contribution is 2.39. The van der Waals surface area contributed by atoms with Gasteiger partial charge >= 0.3 is 12.0 Å². The fraction of sp³-hybridized carbons (Fsp3) is 0.263. The van der Waals surface area contributed by atoms with E-state index in [-0.39, 0.29) is 29.3 Å². The van der Waals surface area contributed by atoms with E-state index in [1.807, 2.05) is 65.0 Å². The van der Waals surface area contributed by atoms with Crippen LogP contribution in [0.15, 0.2) is 71.5 Å². The first-order valence-corrected chi connectivity index (χ1v) is 16.3. The molecule has 2 aromatic heterocycles. The van der Waals surface area contributed by atoms with E-state index in [0.29, 0.717) is 39.3 Å². The monoisotopic (exact) mass is 699 g/mol. The van der Waals surface area contributed by atoms with Gasteiger partial charge in [0.1, 0.15) is 23.3 Å². The maximum Gasteiger partial charge on any atom is 0.337 e. The molecule has 0 radical (unpaired) electrons. The molecule has 12 heteroatoms. The number of hydrogen-bond donors (Lipinski definition) is 3. The number of H-pyrrole nitrogens is 1. The number of esters is 1. The van der Waals surface area contributed by atoms with Gasteiger partial charge < -0.3 is 19.8 Å². The highest BCUT2D eigenvalue weighted by molar-refractivity contribution is 6.32. The summed E-state index contributed by atoms with van der Waals surface area (Å²) in [6.45, 7) is 11.5. The third-order valence-electron chi connectivity index (χ3n) is 8.21. The standard InChI is InChI=1S/C38H39ClFN5O5/c1-21-8-14-28(15-9-21)45-31(18-30(44-45)38(4,5)6)43-37(48)41-19-26-16-27(40)13-12-25(26)20-50-34-32(23(3)42-35(46)33(34)39)29-17-24(36(47)49-7)11-10-22(29)2/h8-18H,19-20H2,1-7H3,(H,42,46)(H2,41,43,48). The lowest BCUT2D eigenvalue weighted by Gasteiger charge is -2.19. The minimum absolute atomic E-state index is 0.0393. The predicted octanol–water partition coefficient (Wildman–Crippen LogP) is 7.93. The summed E-state index contributed by atoms with van der Waals surface area (Å²) in [7, 11) is 1.29. The largest absolute Gasteiger partial charge is 0.486 e. The Hall–Kier alpha value is -5.42. The smallest absolute Gasteiger partial charge is 0.337 e. The summed E-state index contributed by atoms with van der Waals surface area (Å²) < 4.78 is 27.3. The number of ether oxygens (including phenoxy) is 2. The Balaban J connectivity index is 1.39. The van der Waals surface area contributed by atoms with Crippen molar-refractivity contribution in [1.29, 1.82) is 0 Å². The van der Waals surface area contributed by atoms with Crippen molar-refractivity contribution < 1.29 is 23.5 Å². The molecule has 0 aliphatic carbocycles. The Morgan fingerprint density at radius 2 is 1.70 bits per heavy atom. The van der Waals surface area contributed by atoms with E-state index in [9.17, 15) is 18.8 Å². The summed E-state index contributed by atoms with van der Waals surface area (Å²) in [5.74, 6) is -0.460. The third-order valence-corrected chi connectivity index (χ3v) is 8.55. The molecule has 3 aromatic carbocycles. The molecular weight excluding hydrogens is 661 g/mol. The Morgan fingerprint density at radius 3 is 2.38 bits per heavy atom. The number of halogens is 2. The highest BCUT2D eigenvalue weighted by atomic mass is 35.5. The van der Waals surface area contributed by atoms with Crippen molar-refractivity contribution >= 4 is 29.4 Å². The van der Waals surface area contributed by atoms with Crippen molar-refractivity contribution in [2.45, 2.75) is 60.1 Å². The minimum Gasteiger partial charge on any atom is -0.486 e. The van der Waals surface area contributed by atoms with Gasteiger partial charge in [0, 0.05) is 29.3 Å². The molecule has 0 aliphatic heterocycles. The zero-order valence-corrected chi connectivity index (χ0v) is 29.7. The Kier molecular flexibility index (Phi) is 10.5. The second-order valence-electron chi connectivity index (χ2n) is 13.0. The van der Waals surface area contributed by atoms with E-state index < -0.39 is 23.4 Å². The fourth-order valence-electron chi connectivity index (χ4n) is 5.37. The van der Waals surface area contributed by atoms with E-state index >= 15 is 0 Å². The van der Waals surface area contributed by atoms with Crippen LogP contribution < -0.4 is 20.9 Å². The SMILES string of the molecule is COC(=O)c1ccc(C)c(-c2c(C)[nH]c(=O)c(Cl)c2OCc2ccc(F)cc2CNC(=O)Nc2cc(C(C)(C)C)nn2-c2ccc(C)cc2)c1. The van der Waals surface area contributed by atoms with Gasteiger partial charge in [-0.05, 0) is 79.4 Å². The van der Waals surface area contributed by atoms with Gasteiger partial charge in [-0.15, -0.1) is 0 Å². The van der Waals surface area contributed by atoms with Crippen molar-refractivity contribution in [2.24, 2.45) is 0 Å². The third kappa shape index (κ3) is 7.89. The van der Waals surface area contributed by atoms with Gasteiger partial charge in [-0.2, -0.15) is 5.10 Å². The van der Waals surface area contributed by atoms with Gasteiger partial charge in [0.2, 0.25) is 0 Å². The molecule has 0 saturated carbocycles. The maximum absolute atomic E-state index is 14.5. The first kappa shape index (κ1) is 35.9. The maximum atomic E-state index is 14.5. The summed E-state index contributed by atoms with van der Waals surface area (Å²) in [4.78, 5) is 41.0. The van der Waals surface area contributed by atoms with Crippen LogP contribution in [0.5, 0.6) is 5.75 Å². The van der Waals surface area contributed by atoms with Crippen LogP contribution in [0.2, 0.25) is 5.02 Å². The first-order valence-electron chi connectivity index (χ1n) is 15.9. The van der Waals surface area contributed by atoms with E-state index in [0.717, 1.165) is 22.5 Å². The molecular formula is C38H39ClFN5O5. The molecule has 3 N–H and O–H groups in total. The number of benzene rings is 3. The van der Waals surface area contributed by atoms with Crippen molar-refractivity contribution in [3.05, 3.63) is 127 Å². The van der Waals surface area contributed by atoms with Gasteiger partial charge in [0.25, 0.3) is 5.56 Å². The average molecular weight is 700 g/mol. The van der Waals surface area contributed by atoms with Crippen molar-refractivity contribution in [3.8, 4) is 22.6 Å². The molecule has 0 saturated heterocycles. The molecule has 50 heavy (non-hydrogen) atoms. The Bertz CT molecular complexity index is 2130. The summed E-state index contributed by atoms with van der Waals surface area (Å²) in [5.41, 5.74) is 5.50. The molecule has 5 rings (SSSR count). The highest BCUT2D eigenvalue weighted by Gasteiger charge is 2.23. The molecule has 0 spiro atoms. The first-order chi connectivity index (χ1) is 23.7. The van der Waals surface area contributed by atoms with Gasteiger partial charge in [-0.1, -0.05) is 62.2 Å². The van der Waals surface area contributed by atoms with E-state index in [1.54, 1.807) is 35.9 Å². The van der Waals surface area contributed by atoms with Crippen LogP contribution in [0.3, 0.4) is 0 Å². The van der Waals surface area contributed by atoms with Gasteiger partial charge in [-0.25, -0.2) is 18.7 Å². The second-order valence-corrected chi connectivity index (χ2v) is 13.4. The quantitative estimate of drug-likeness (QED) is 0.134. The lowest BCUT2D eigenvalue weighted by molar-refractivity contribution is 0.0600. The van der Waals surface area contributed by atoms with Crippen LogP contribution in [0.1, 0.15) is 64.8 Å². The Morgan fingerprint density at radius 1 is 0.980 bits per heavy atom. The molecule has 2 amide bonds. The number of rotatable bonds is 9. The number of hydrogen-bond acceptors (Lipinski definition) is 6. The van der Waals surface area contributed by atoms with Crippen LogP contribution >= 0.6 is 11.6 Å². The number of anilines is 1. The molecule has 0 unspecified atom stereocenters. The van der Waals surface area contributed by atoms with Crippen molar-refractivity contribution in [1.82, 2.24) is 20.1 Å². The van der Waals surface area contributed by atoms with Gasteiger partial charge in [-0.3, -0.25) is 10.1 Å². The van der Waals surface area contributed by atoms with E-state index in [4.69, 9.17) is 26.2 Å². The summed E-state index contributed by atoms with van der Waals surface area (Å²) in [5, 5.41) is 10.3. The number of methoxy groups -OCH3 is 1. The number of carbonyl (C=O) groups is 2. The second kappa shape index (κ2) is 14.6. The molecule has 0 atom stereocenters. The van der Waals surface area contributed by atoms with Crippen molar-refractivity contribution in [2.75, 3.05) is 12.4 Å². The van der Waals surface area contributed by atoms with Crippen LogP contribution in [-0.2, 0) is 23.3 Å². The Labute approximate surface area is 294 Å². The van der Waals surface area contributed by atoms with Crippen LogP contribution in [0.25, 0.3) is 16.8 Å². The number of amides is 2. The summed E-state index contributed by atoms with van der Waals surface area (Å²) in [6, 6.07) is 18.3. The topological polar surface area (TPSA) is 127 Å². The number of urea groups is 1. The average Bonchev–Trinajstić information content (AvgIpc) is 3.50. The summed E-state index contributed by atoms with van der Waals surface area (Å²) in [6.07, 6.45) is 0. The fourth-order valence-corrected chi connectivity index (χ4v) is 5.57. The lowest BCUT2D eigenvalue weighted by atomic mass is 9.92. The molecule has 0 fully saturated rings.